The number of rotatable bonds is 6. The van der Waals surface area contributed by atoms with Gasteiger partial charge in [0.05, 0.1) is 0 Å². The molecule has 0 saturated heterocycles. The van der Waals surface area contributed by atoms with Crippen molar-refractivity contribution in [3.63, 3.8) is 0 Å². The van der Waals surface area contributed by atoms with Crippen molar-refractivity contribution in [1.29, 1.82) is 0 Å². The standard InChI is InChI=1S/C17H18N6S/c1-4-11-23-16(13-7-5-6-9-18-13)21-22-17(23)24-14-8-10-19-15(20-14)12(2)3/h4-10,12H,1,11H2,2-3H3. The van der Waals surface area contributed by atoms with Gasteiger partial charge in [-0.05, 0) is 30.0 Å². The summed E-state index contributed by atoms with van der Waals surface area (Å²) in [5.41, 5.74) is 0.782. The second kappa shape index (κ2) is 7.35. The zero-order chi connectivity index (χ0) is 16.9. The van der Waals surface area contributed by atoms with Gasteiger partial charge in [-0.15, -0.1) is 16.8 Å². The molecule has 24 heavy (non-hydrogen) atoms. The van der Waals surface area contributed by atoms with E-state index in [0.717, 1.165) is 27.5 Å². The number of aromatic nitrogens is 6. The average Bonchev–Trinajstić information content (AvgIpc) is 2.99. The van der Waals surface area contributed by atoms with Crippen LogP contribution in [-0.2, 0) is 6.54 Å². The Balaban J connectivity index is 1.95. The number of nitrogens with zero attached hydrogens (tertiary/aromatic N) is 6. The van der Waals surface area contributed by atoms with Crippen molar-refractivity contribution >= 4 is 11.8 Å². The molecule has 3 aromatic rings. The summed E-state index contributed by atoms with van der Waals surface area (Å²) in [5, 5.41) is 10.2. The van der Waals surface area contributed by atoms with E-state index in [0.29, 0.717) is 6.54 Å². The largest absolute Gasteiger partial charge is 0.297 e. The molecule has 0 aromatic carbocycles. The molecule has 0 unspecified atom stereocenters. The highest BCUT2D eigenvalue weighted by Gasteiger charge is 2.16. The molecule has 0 spiro atoms. The number of hydrogen-bond donors (Lipinski definition) is 0. The van der Waals surface area contributed by atoms with Crippen molar-refractivity contribution in [2.75, 3.05) is 0 Å². The third-order valence-electron chi connectivity index (χ3n) is 3.28. The van der Waals surface area contributed by atoms with Gasteiger partial charge in [-0.25, -0.2) is 9.97 Å². The van der Waals surface area contributed by atoms with Gasteiger partial charge in [-0.1, -0.05) is 26.0 Å². The molecule has 3 heterocycles. The normalized spacial score (nSPS) is 11.0. The average molecular weight is 338 g/mol. The molecule has 0 aliphatic heterocycles. The lowest BCUT2D eigenvalue weighted by Gasteiger charge is -2.08. The number of hydrogen-bond acceptors (Lipinski definition) is 6. The lowest BCUT2D eigenvalue weighted by Crippen LogP contribution is -2.02. The second-order valence-corrected chi connectivity index (χ2v) is 6.42. The van der Waals surface area contributed by atoms with Crippen LogP contribution in [0.3, 0.4) is 0 Å². The number of allylic oxidation sites excluding steroid dienone is 1. The Bertz CT molecular complexity index is 828. The molecule has 0 aliphatic rings. The smallest absolute Gasteiger partial charge is 0.198 e. The van der Waals surface area contributed by atoms with Crippen molar-refractivity contribution in [3.05, 3.63) is 55.1 Å². The van der Waals surface area contributed by atoms with Gasteiger partial charge in [0.15, 0.2) is 11.0 Å². The number of pyridine rings is 1. The minimum atomic E-state index is 0.278. The molecule has 0 fully saturated rings. The summed E-state index contributed by atoms with van der Waals surface area (Å²) >= 11 is 1.46. The maximum Gasteiger partial charge on any atom is 0.198 e. The zero-order valence-electron chi connectivity index (χ0n) is 13.6. The van der Waals surface area contributed by atoms with Crippen LogP contribution in [0.4, 0.5) is 0 Å². The first-order valence-corrected chi connectivity index (χ1v) is 8.47. The van der Waals surface area contributed by atoms with Gasteiger partial charge in [0.1, 0.15) is 16.5 Å². The van der Waals surface area contributed by atoms with Crippen molar-refractivity contribution in [1.82, 2.24) is 29.7 Å². The third kappa shape index (κ3) is 3.51. The molecule has 0 atom stereocenters. The van der Waals surface area contributed by atoms with E-state index < -0.39 is 0 Å². The Morgan fingerprint density at radius 1 is 1.17 bits per heavy atom. The van der Waals surface area contributed by atoms with Gasteiger partial charge in [-0.3, -0.25) is 9.55 Å². The molecule has 0 bridgehead atoms. The maximum atomic E-state index is 4.58. The van der Waals surface area contributed by atoms with Gasteiger partial charge in [0.2, 0.25) is 0 Å². The Morgan fingerprint density at radius 2 is 2.04 bits per heavy atom. The Labute approximate surface area is 145 Å². The highest BCUT2D eigenvalue weighted by molar-refractivity contribution is 7.99. The van der Waals surface area contributed by atoms with Crippen LogP contribution in [0.25, 0.3) is 11.5 Å². The highest BCUT2D eigenvalue weighted by atomic mass is 32.2. The molecule has 122 valence electrons. The van der Waals surface area contributed by atoms with Crippen LogP contribution in [0.15, 0.2) is 59.5 Å². The van der Waals surface area contributed by atoms with E-state index in [1.54, 1.807) is 12.4 Å². The molecular formula is C17H18N6S. The van der Waals surface area contributed by atoms with Gasteiger partial charge in [-0.2, -0.15) is 0 Å². The van der Waals surface area contributed by atoms with Crippen LogP contribution in [0.1, 0.15) is 25.6 Å². The first kappa shape index (κ1) is 16.3. The fourth-order valence-electron chi connectivity index (χ4n) is 2.13. The lowest BCUT2D eigenvalue weighted by atomic mass is 10.2. The fraction of sp³-hybridized carbons (Fsp3) is 0.235. The molecule has 0 saturated carbocycles. The van der Waals surface area contributed by atoms with E-state index in [2.05, 4.69) is 45.6 Å². The van der Waals surface area contributed by atoms with Crippen molar-refractivity contribution in [3.8, 4) is 11.5 Å². The van der Waals surface area contributed by atoms with Gasteiger partial charge in [0.25, 0.3) is 0 Å². The van der Waals surface area contributed by atoms with E-state index in [-0.39, 0.29) is 5.92 Å². The predicted octanol–water partition coefficient (Wildman–Crippen LogP) is 3.59. The maximum absolute atomic E-state index is 4.58. The van der Waals surface area contributed by atoms with Gasteiger partial charge >= 0.3 is 0 Å². The van der Waals surface area contributed by atoms with Crippen molar-refractivity contribution < 1.29 is 0 Å². The molecule has 0 amide bonds. The molecule has 3 rings (SSSR count). The lowest BCUT2D eigenvalue weighted by molar-refractivity contribution is 0.724. The van der Waals surface area contributed by atoms with Crippen LogP contribution in [-0.4, -0.2) is 29.7 Å². The van der Waals surface area contributed by atoms with Gasteiger partial charge in [0, 0.05) is 24.9 Å². The first-order valence-electron chi connectivity index (χ1n) is 7.65. The van der Waals surface area contributed by atoms with E-state index in [1.165, 1.54) is 11.8 Å². The van der Waals surface area contributed by atoms with Crippen LogP contribution in [0.5, 0.6) is 0 Å². The summed E-state index contributed by atoms with van der Waals surface area (Å²) in [6, 6.07) is 7.60. The van der Waals surface area contributed by atoms with E-state index in [9.17, 15) is 0 Å². The first-order chi connectivity index (χ1) is 11.7. The Morgan fingerprint density at radius 3 is 2.75 bits per heavy atom. The molecule has 0 N–H and O–H groups in total. The molecule has 7 heteroatoms. The second-order valence-electron chi connectivity index (χ2n) is 5.43. The minimum absolute atomic E-state index is 0.278. The van der Waals surface area contributed by atoms with Crippen molar-refractivity contribution in [2.45, 2.75) is 36.5 Å². The molecule has 0 aliphatic carbocycles. The van der Waals surface area contributed by atoms with Crippen LogP contribution >= 0.6 is 11.8 Å². The quantitative estimate of drug-likeness (QED) is 0.505. The third-order valence-corrected chi connectivity index (χ3v) is 4.20. The molecular weight excluding hydrogens is 320 g/mol. The van der Waals surface area contributed by atoms with E-state index in [1.807, 2.05) is 34.9 Å². The van der Waals surface area contributed by atoms with Crippen LogP contribution in [0.2, 0.25) is 0 Å². The van der Waals surface area contributed by atoms with E-state index >= 15 is 0 Å². The highest BCUT2D eigenvalue weighted by Crippen LogP contribution is 2.28. The zero-order valence-corrected chi connectivity index (χ0v) is 14.4. The predicted molar refractivity (Wildman–Crippen MR) is 93.7 cm³/mol. The summed E-state index contributed by atoms with van der Waals surface area (Å²) in [4.78, 5) is 13.2. The monoisotopic (exact) mass is 338 g/mol. The summed E-state index contributed by atoms with van der Waals surface area (Å²) in [6.45, 7) is 8.57. The SMILES string of the molecule is C=CCn1c(Sc2ccnc(C(C)C)n2)nnc1-c1ccccn1. The Kier molecular flexibility index (Phi) is 5.00. The summed E-state index contributed by atoms with van der Waals surface area (Å²) in [7, 11) is 0. The Hall–Kier alpha value is -2.54. The van der Waals surface area contributed by atoms with Crippen LogP contribution in [0, 0.1) is 0 Å². The topological polar surface area (TPSA) is 69.4 Å². The summed E-state index contributed by atoms with van der Waals surface area (Å²) in [6.07, 6.45) is 5.34. The summed E-state index contributed by atoms with van der Waals surface area (Å²) < 4.78 is 1.98. The molecule has 3 aromatic heterocycles. The fourth-order valence-corrected chi connectivity index (χ4v) is 2.94. The van der Waals surface area contributed by atoms with E-state index in [4.69, 9.17) is 0 Å². The molecule has 0 radical (unpaired) electrons. The minimum Gasteiger partial charge on any atom is -0.297 e. The van der Waals surface area contributed by atoms with Crippen molar-refractivity contribution in [2.24, 2.45) is 0 Å². The van der Waals surface area contributed by atoms with Crippen LogP contribution < -0.4 is 0 Å². The summed E-state index contributed by atoms with van der Waals surface area (Å²) in [5.74, 6) is 1.82. The van der Waals surface area contributed by atoms with Gasteiger partial charge < -0.3 is 0 Å². The molecule has 6 nitrogen and oxygen atoms in total.